The zero-order valence-electron chi connectivity index (χ0n) is 17.6. The van der Waals surface area contributed by atoms with Gasteiger partial charge >= 0.3 is 0 Å². The van der Waals surface area contributed by atoms with E-state index >= 15 is 0 Å². The highest BCUT2D eigenvalue weighted by atomic mass is 32.2. The van der Waals surface area contributed by atoms with Crippen LogP contribution in [0.2, 0.25) is 0 Å². The molecule has 2 atom stereocenters. The first-order valence-electron chi connectivity index (χ1n) is 11.2. The Balaban J connectivity index is 1.41. The number of likely N-dealkylation sites (tertiary alicyclic amines) is 1. The third kappa shape index (κ3) is 5.26. The van der Waals surface area contributed by atoms with Gasteiger partial charge in [0.15, 0.2) is 0 Å². The summed E-state index contributed by atoms with van der Waals surface area (Å²) < 4.78 is 28.7. The molecule has 1 amide bonds. The minimum absolute atomic E-state index is 0.0657. The number of piperidine rings is 3. The van der Waals surface area contributed by atoms with E-state index in [0.717, 1.165) is 25.8 Å². The smallest absolute Gasteiger partial charge is 0.281 e. The lowest BCUT2D eigenvalue weighted by molar-refractivity contribution is -0.126. The fourth-order valence-corrected chi connectivity index (χ4v) is 6.69. The Morgan fingerprint density at radius 3 is 2.04 bits per heavy atom. The van der Waals surface area contributed by atoms with E-state index in [1.807, 2.05) is 0 Å². The molecule has 0 unspecified atom stereocenters. The molecule has 0 bridgehead atoms. The molecule has 0 spiro atoms. The molecule has 1 N–H and O–H groups in total. The number of carbonyl (C=O) groups is 1. The summed E-state index contributed by atoms with van der Waals surface area (Å²) in [6, 6.07) is 1.17. The summed E-state index contributed by atoms with van der Waals surface area (Å²) in [6.45, 7) is 8.31. The number of hydrogen-bond acceptors (Lipinski definition) is 4. The van der Waals surface area contributed by atoms with E-state index < -0.39 is 10.2 Å². The number of amides is 1. The summed E-state index contributed by atoms with van der Waals surface area (Å²) in [4.78, 5) is 15.1. The maximum absolute atomic E-state index is 12.8. The molecule has 162 valence electrons. The van der Waals surface area contributed by atoms with Gasteiger partial charge in [0.2, 0.25) is 5.91 Å². The van der Waals surface area contributed by atoms with Gasteiger partial charge in [0, 0.05) is 57.3 Å². The SMILES string of the molecule is C[C@@H]1CCC[C@@H](C)N1CCNC(=O)C1CCN(S(=O)(=O)N2CCCCC2)CC1. The fraction of sp³-hybridized carbons (Fsp3) is 0.950. The Morgan fingerprint density at radius 1 is 0.857 bits per heavy atom. The largest absolute Gasteiger partial charge is 0.355 e. The minimum atomic E-state index is -3.35. The molecule has 0 saturated carbocycles. The molecule has 8 heteroatoms. The fourth-order valence-electron chi connectivity index (χ4n) is 4.98. The third-order valence-electron chi connectivity index (χ3n) is 6.84. The minimum Gasteiger partial charge on any atom is -0.355 e. The number of carbonyl (C=O) groups excluding carboxylic acids is 1. The van der Waals surface area contributed by atoms with Gasteiger partial charge in [-0.25, -0.2) is 0 Å². The van der Waals surface area contributed by atoms with Gasteiger partial charge in [-0.1, -0.05) is 12.8 Å². The van der Waals surface area contributed by atoms with Crippen molar-refractivity contribution in [1.29, 1.82) is 0 Å². The lowest BCUT2D eigenvalue weighted by atomic mass is 9.97. The Labute approximate surface area is 171 Å². The van der Waals surface area contributed by atoms with Gasteiger partial charge in [-0.05, 0) is 52.4 Å². The Kier molecular flexibility index (Phi) is 7.75. The maximum atomic E-state index is 12.8. The van der Waals surface area contributed by atoms with Crippen molar-refractivity contribution in [2.24, 2.45) is 5.92 Å². The molecule has 3 saturated heterocycles. The predicted octanol–water partition coefficient (Wildman–Crippen LogP) is 1.81. The van der Waals surface area contributed by atoms with Gasteiger partial charge in [-0.3, -0.25) is 9.69 Å². The van der Waals surface area contributed by atoms with E-state index in [4.69, 9.17) is 0 Å². The van der Waals surface area contributed by atoms with E-state index in [1.54, 1.807) is 8.61 Å². The van der Waals surface area contributed by atoms with Crippen LogP contribution in [0.25, 0.3) is 0 Å². The zero-order valence-corrected chi connectivity index (χ0v) is 18.4. The van der Waals surface area contributed by atoms with Crippen LogP contribution in [0.3, 0.4) is 0 Å². The Bertz CT molecular complexity index is 603. The molecule has 3 fully saturated rings. The van der Waals surface area contributed by atoms with Crippen molar-refractivity contribution in [2.75, 3.05) is 39.3 Å². The van der Waals surface area contributed by atoms with Crippen LogP contribution in [-0.2, 0) is 15.0 Å². The summed E-state index contributed by atoms with van der Waals surface area (Å²) in [5, 5.41) is 3.10. The van der Waals surface area contributed by atoms with Crippen molar-refractivity contribution in [3.05, 3.63) is 0 Å². The van der Waals surface area contributed by atoms with E-state index in [0.29, 0.717) is 57.6 Å². The molecule has 0 aliphatic carbocycles. The van der Waals surface area contributed by atoms with Gasteiger partial charge in [-0.2, -0.15) is 17.0 Å². The van der Waals surface area contributed by atoms with Crippen molar-refractivity contribution in [3.8, 4) is 0 Å². The van der Waals surface area contributed by atoms with Gasteiger partial charge < -0.3 is 5.32 Å². The van der Waals surface area contributed by atoms with Crippen LogP contribution in [0.5, 0.6) is 0 Å². The second kappa shape index (κ2) is 9.87. The first-order chi connectivity index (χ1) is 13.4. The van der Waals surface area contributed by atoms with E-state index in [1.165, 1.54) is 19.3 Å². The van der Waals surface area contributed by atoms with Gasteiger partial charge in [0.25, 0.3) is 10.2 Å². The Hall–Kier alpha value is -0.700. The number of nitrogens with zero attached hydrogens (tertiary/aromatic N) is 3. The molecule has 0 aromatic carbocycles. The molecular formula is C20H38N4O3S. The lowest BCUT2D eigenvalue weighted by Crippen LogP contribution is -2.51. The molecule has 3 rings (SSSR count). The molecule has 3 aliphatic heterocycles. The first kappa shape index (κ1) is 22.0. The Morgan fingerprint density at radius 2 is 1.43 bits per heavy atom. The van der Waals surface area contributed by atoms with Crippen LogP contribution in [0, 0.1) is 5.92 Å². The summed E-state index contributed by atoms with van der Waals surface area (Å²) >= 11 is 0. The highest BCUT2D eigenvalue weighted by Crippen LogP contribution is 2.24. The van der Waals surface area contributed by atoms with Crippen LogP contribution in [0.15, 0.2) is 0 Å². The highest BCUT2D eigenvalue weighted by Gasteiger charge is 2.35. The average molecular weight is 415 g/mol. The molecule has 0 radical (unpaired) electrons. The molecule has 3 aliphatic rings. The van der Waals surface area contributed by atoms with Gasteiger partial charge in [-0.15, -0.1) is 0 Å². The van der Waals surface area contributed by atoms with E-state index in [2.05, 4.69) is 24.1 Å². The molecule has 7 nitrogen and oxygen atoms in total. The van der Waals surface area contributed by atoms with Gasteiger partial charge in [0.1, 0.15) is 0 Å². The monoisotopic (exact) mass is 414 g/mol. The van der Waals surface area contributed by atoms with Gasteiger partial charge in [0.05, 0.1) is 0 Å². The van der Waals surface area contributed by atoms with Crippen LogP contribution in [0.1, 0.15) is 65.2 Å². The van der Waals surface area contributed by atoms with Crippen molar-refractivity contribution in [2.45, 2.75) is 77.3 Å². The molecule has 28 heavy (non-hydrogen) atoms. The second-order valence-corrected chi connectivity index (χ2v) is 10.7. The van der Waals surface area contributed by atoms with Crippen LogP contribution >= 0.6 is 0 Å². The second-order valence-electron chi connectivity index (χ2n) is 8.80. The zero-order chi connectivity index (χ0) is 20.1. The van der Waals surface area contributed by atoms with Crippen LogP contribution in [-0.4, -0.2) is 79.2 Å². The van der Waals surface area contributed by atoms with E-state index in [9.17, 15) is 13.2 Å². The topological polar surface area (TPSA) is 73.0 Å². The number of rotatable bonds is 6. The predicted molar refractivity (Wildman–Crippen MR) is 111 cm³/mol. The molecule has 0 aromatic heterocycles. The lowest BCUT2D eigenvalue weighted by Gasteiger charge is -2.39. The number of nitrogens with one attached hydrogen (secondary N) is 1. The van der Waals surface area contributed by atoms with Crippen molar-refractivity contribution >= 4 is 16.1 Å². The third-order valence-corrected chi connectivity index (χ3v) is 8.87. The highest BCUT2D eigenvalue weighted by molar-refractivity contribution is 7.86. The molecular weight excluding hydrogens is 376 g/mol. The van der Waals surface area contributed by atoms with Crippen LogP contribution in [0.4, 0.5) is 0 Å². The first-order valence-corrected chi connectivity index (χ1v) is 12.6. The van der Waals surface area contributed by atoms with Crippen molar-refractivity contribution in [1.82, 2.24) is 18.8 Å². The summed E-state index contributed by atoms with van der Waals surface area (Å²) in [6.07, 6.45) is 8.03. The van der Waals surface area contributed by atoms with Crippen LogP contribution < -0.4 is 5.32 Å². The van der Waals surface area contributed by atoms with E-state index in [-0.39, 0.29) is 11.8 Å². The average Bonchev–Trinajstić information content (AvgIpc) is 2.71. The molecule has 0 aromatic rings. The molecule has 3 heterocycles. The summed E-state index contributed by atoms with van der Waals surface area (Å²) in [7, 11) is -3.35. The summed E-state index contributed by atoms with van der Waals surface area (Å²) in [5.74, 6) is 0.0244. The summed E-state index contributed by atoms with van der Waals surface area (Å²) in [5.41, 5.74) is 0. The standard InChI is InChI=1S/C20H38N4O3S/c1-17-7-6-8-18(2)24(17)16-11-21-20(25)19-9-14-23(15-10-19)28(26,27)22-12-4-3-5-13-22/h17-19H,3-16H2,1-2H3,(H,21,25)/t17-,18-/m1/s1. The number of hydrogen-bond donors (Lipinski definition) is 1. The normalized spacial score (nSPS) is 29.6. The van der Waals surface area contributed by atoms with Crippen molar-refractivity contribution < 1.29 is 13.2 Å². The quantitative estimate of drug-likeness (QED) is 0.719. The maximum Gasteiger partial charge on any atom is 0.281 e. The van der Waals surface area contributed by atoms with Crippen molar-refractivity contribution in [3.63, 3.8) is 0 Å².